The maximum Gasteiger partial charge on any atom is 0.202 e. The molecule has 9 heterocycles. The molecular formula is C123H80N18O3. The van der Waals surface area contributed by atoms with E-state index in [0.717, 1.165) is 164 Å². The summed E-state index contributed by atoms with van der Waals surface area (Å²) < 4.78 is 18.6. The maximum absolute atomic E-state index is 6.23. The first kappa shape index (κ1) is 86.6. The van der Waals surface area contributed by atoms with Gasteiger partial charge in [-0.15, -0.1) is 0 Å². The molecule has 0 amide bonds. The van der Waals surface area contributed by atoms with Crippen LogP contribution in [0.15, 0.2) is 485 Å². The molecule has 0 N–H and O–H groups in total. The second-order valence-electron chi connectivity index (χ2n) is 33.8. The van der Waals surface area contributed by atoms with E-state index in [1.54, 1.807) is 0 Å². The van der Waals surface area contributed by atoms with Crippen LogP contribution in [0.1, 0.15) is 0 Å². The maximum atomic E-state index is 6.23. The van der Waals surface area contributed by atoms with E-state index in [1.807, 2.05) is 400 Å². The summed E-state index contributed by atoms with van der Waals surface area (Å²) in [5.41, 5.74) is 21.8. The van der Waals surface area contributed by atoms with Crippen LogP contribution in [0.4, 0.5) is 51.2 Å². The molecule has 0 saturated heterocycles. The molecular weight excluding hydrogens is 1780 g/mol. The first-order valence-corrected chi connectivity index (χ1v) is 47.0. The van der Waals surface area contributed by atoms with Crippen LogP contribution in [0.5, 0.6) is 34.5 Å². The number of nitrogens with zero attached hydrogens (tertiary/aromatic N) is 18. The first-order valence-electron chi connectivity index (χ1n) is 47.0. The molecule has 0 bridgehead atoms. The van der Waals surface area contributed by atoms with E-state index in [2.05, 4.69) is 99.6 Å². The lowest BCUT2D eigenvalue weighted by Gasteiger charge is -2.32. The standard InChI is InChI=1S/C43H28N6O.C42H27N7O.C38H25N5O/c1-4-14-29(15-5-1)34-28-35(30-16-6-2-7-17-30)45-42(44-34)43-47-40(31-18-8-3-9-19-31)46-41(48-43)32-24-26-33(27-25-32)49-36-20-10-12-22-38(36)50-39-23-13-11-21-37(39)49;1-4-14-28(15-5-1)37-43-38(29-16-6-2-7-17-29)46-41(45-37)42-47-39(30-18-8-3-9-19-30)44-40(48-42)31-24-26-32(27-25-31)49-33-20-10-12-22-35(33)50-36-23-13-11-21-34(36)49;1-3-12-26(13-4-1)30-16-11-17-31(39-30)38-41-36(27-14-5-2-6-15-27)40-37(42-38)28-22-24-29(25-23-28)43-32-18-7-9-20-34(32)44-35-21-10-8-19-33(35)43/h1-28H;1-27H;1-25H. The summed E-state index contributed by atoms with van der Waals surface area (Å²) in [7, 11) is 0. The van der Waals surface area contributed by atoms with E-state index in [4.69, 9.17) is 89.0 Å². The highest BCUT2D eigenvalue weighted by atomic mass is 16.5. The largest absolute Gasteiger partial charge is 0.453 e. The fourth-order valence-corrected chi connectivity index (χ4v) is 17.5. The molecule has 21 nitrogen and oxygen atoms in total. The zero-order valence-corrected chi connectivity index (χ0v) is 77.0. The predicted octanol–water partition coefficient (Wildman–Crippen LogP) is 30.0. The third kappa shape index (κ3) is 18.1. The molecule has 0 spiro atoms. The molecule has 17 aromatic carbocycles. The van der Waals surface area contributed by atoms with Crippen LogP contribution in [-0.2, 0) is 0 Å². The van der Waals surface area contributed by atoms with E-state index in [1.165, 1.54) is 0 Å². The molecule has 0 atom stereocenters. The van der Waals surface area contributed by atoms with Gasteiger partial charge in [-0.2, -0.15) is 0 Å². The van der Waals surface area contributed by atoms with Gasteiger partial charge in [0.25, 0.3) is 0 Å². The van der Waals surface area contributed by atoms with Gasteiger partial charge in [-0.05, 0) is 164 Å². The Morgan fingerprint density at radius 2 is 0.299 bits per heavy atom. The zero-order chi connectivity index (χ0) is 95.9. The van der Waals surface area contributed by atoms with Crippen LogP contribution in [0.3, 0.4) is 0 Å². The number of rotatable bonds is 17. The highest BCUT2D eigenvalue weighted by Gasteiger charge is 2.31. The second kappa shape index (κ2) is 39.1. The van der Waals surface area contributed by atoms with E-state index >= 15 is 0 Å². The van der Waals surface area contributed by atoms with Gasteiger partial charge in [-0.3, -0.25) is 0 Å². The first-order chi connectivity index (χ1) is 71.3. The Labute approximate surface area is 829 Å². The van der Waals surface area contributed by atoms with E-state index in [0.29, 0.717) is 81.4 Å². The third-order valence-electron chi connectivity index (χ3n) is 24.5. The van der Waals surface area contributed by atoms with Gasteiger partial charge < -0.3 is 28.9 Å². The fourth-order valence-electron chi connectivity index (χ4n) is 17.5. The highest BCUT2D eigenvalue weighted by molar-refractivity contribution is 5.91. The second-order valence-corrected chi connectivity index (χ2v) is 33.8. The Balaban J connectivity index is 0.000000117. The van der Waals surface area contributed by atoms with Gasteiger partial charge in [0.1, 0.15) is 5.69 Å². The van der Waals surface area contributed by atoms with Crippen molar-refractivity contribution in [3.8, 4) is 194 Å². The molecule has 0 unspecified atom stereocenters. The molecule has 680 valence electrons. The number of hydrogen-bond donors (Lipinski definition) is 0. The van der Waals surface area contributed by atoms with Gasteiger partial charge in [-0.25, -0.2) is 74.8 Å². The van der Waals surface area contributed by atoms with Crippen LogP contribution in [0.25, 0.3) is 160 Å². The van der Waals surface area contributed by atoms with Gasteiger partial charge >= 0.3 is 0 Å². The summed E-state index contributed by atoms with van der Waals surface area (Å²) >= 11 is 0. The molecule has 3 aliphatic rings. The Morgan fingerprint density at radius 1 is 0.118 bits per heavy atom. The Morgan fingerprint density at radius 3 is 0.542 bits per heavy atom. The van der Waals surface area contributed by atoms with Crippen LogP contribution in [0.2, 0.25) is 0 Å². The highest BCUT2D eigenvalue weighted by Crippen LogP contribution is 2.54. The van der Waals surface area contributed by atoms with Gasteiger partial charge in [0.2, 0.25) is 17.5 Å². The topological polar surface area (TPSA) is 231 Å². The molecule has 0 radical (unpaired) electrons. The van der Waals surface area contributed by atoms with Gasteiger partial charge in [0, 0.05) is 78.3 Å². The predicted molar refractivity (Wildman–Crippen MR) is 567 cm³/mol. The van der Waals surface area contributed by atoms with E-state index < -0.39 is 0 Å². The summed E-state index contributed by atoms with van der Waals surface area (Å²) in [6.07, 6.45) is 0. The van der Waals surface area contributed by atoms with Crippen molar-refractivity contribution in [3.05, 3.63) is 485 Å². The molecule has 6 aromatic heterocycles. The normalized spacial score (nSPS) is 11.7. The minimum atomic E-state index is 0.353. The smallest absolute Gasteiger partial charge is 0.202 e. The molecule has 21 heteroatoms. The van der Waals surface area contributed by atoms with Crippen LogP contribution in [0, 0.1) is 0 Å². The molecule has 23 aromatic rings. The van der Waals surface area contributed by atoms with Crippen molar-refractivity contribution in [2.24, 2.45) is 0 Å². The SMILES string of the molecule is c1ccc(-c2cc(-c3ccccc3)nc(-c3nc(-c4ccccc4)nc(-c4ccc(N5c6ccccc6Oc6ccccc65)cc4)n3)n2)cc1.c1ccc(-c2cccc(-c3nc(-c4ccccc4)nc(-c4ccc(N5c6ccccc6Oc6ccccc65)cc4)n3)n2)cc1.c1ccc(-c2nc(-c3ccccc3)nc(-c3nc(-c4ccccc4)nc(-c4ccc(N5c6ccccc6Oc6ccccc65)cc4)n3)n2)cc1. The summed E-state index contributed by atoms with van der Waals surface area (Å²) in [5, 5.41) is 0. The Hall–Kier alpha value is -20.2. The summed E-state index contributed by atoms with van der Waals surface area (Å²) in [4.78, 5) is 80.6. The summed E-state index contributed by atoms with van der Waals surface area (Å²) in [6, 6.07) is 161. The fraction of sp³-hybridized carbons (Fsp3) is 0. The van der Waals surface area contributed by atoms with Gasteiger partial charge in [-0.1, -0.05) is 322 Å². The van der Waals surface area contributed by atoms with Crippen LogP contribution in [-0.4, -0.2) is 74.8 Å². The average molecular weight is 1860 g/mol. The number of ether oxygens (including phenoxy) is 3. The van der Waals surface area contributed by atoms with Gasteiger partial charge in [0.15, 0.2) is 92.7 Å². The number of benzene rings is 17. The van der Waals surface area contributed by atoms with Crippen molar-refractivity contribution >= 4 is 51.2 Å². The number of para-hydroxylation sites is 12. The molecule has 26 rings (SSSR count). The Bertz CT molecular complexity index is 8000. The lowest BCUT2D eigenvalue weighted by Crippen LogP contribution is -2.15. The number of hydrogen-bond acceptors (Lipinski definition) is 21. The lowest BCUT2D eigenvalue weighted by atomic mass is 10.1. The average Bonchev–Trinajstić information content (AvgIpc) is 0.762. The number of anilines is 9. The lowest BCUT2D eigenvalue weighted by molar-refractivity contribution is 0.477. The Kier molecular flexibility index (Phi) is 23.5. The molecule has 0 fully saturated rings. The monoisotopic (exact) mass is 1860 g/mol. The van der Waals surface area contributed by atoms with Crippen molar-refractivity contribution < 1.29 is 14.2 Å². The molecule has 3 aliphatic heterocycles. The van der Waals surface area contributed by atoms with Crippen molar-refractivity contribution in [2.75, 3.05) is 14.7 Å². The van der Waals surface area contributed by atoms with Gasteiger partial charge in [0.05, 0.1) is 51.2 Å². The minimum absolute atomic E-state index is 0.353. The number of aromatic nitrogens is 15. The molecule has 144 heavy (non-hydrogen) atoms. The van der Waals surface area contributed by atoms with E-state index in [9.17, 15) is 0 Å². The van der Waals surface area contributed by atoms with Crippen molar-refractivity contribution in [1.29, 1.82) is 0 Å². The minimum Gasteiger partial charge on any atom is -0.453 e. The third-order valence-corrected chi connectivity index (χ3v) is 24.5. The quantitative estimate of drug-likeness (QED) is 0.0824. The molecule has 0 saturated carbocycles. The zero-order valence-electron chi connectivity index (χ0n) is 77.0. The van der Waals surface area contributed by atoms with Crippen LogP contribution < -0.4 is 28.9 Å². The summed E-state index contributed by atoms with van der Waals surface area (Å²) in [6.45, 7) is 0. The number of pyridine rings is 1. The van der Waals surface area contributed by atoms with Crippen molar-refractivity contribution in [1.82, 2.24) is 74.8 Å². The number of fused-ring (bicyclic) bond motifs is 6. The van der Waals surface area contributed by atoms with Crippen molar-refractivity contribution in [2.45, 2.75) is 0 Å². The van der Waals surface area contributed by atoms with Crippen LogP contribution >= 0.6 is 0 Å². The molecule has 0 aliphatic carbocycles. The van der Waals surface area contributed by atoms with E-state index in [-0.39, 0.29) is 0 Å². The summed E-state index contributed by atoms with van der Waals surface area (Å²) in [5.74, 6) is 11.2. The van der Waals surface area contributed by atoms with Crippen molar-refractivity contribution in [3.63, 3.8) is 0 Å².